The molecule has 0 aliphatic carbocycles. The summed E-state index contributed by atoms with van der Waals surface area (Å²) in [5.74, 6) is -0.158. The van der Waals surface area contributed by atoms with Crippen LogP contribution in [0.15, 0.2) is 6.20 Å². The second-order valence-corrected chi connectivity index (χ2v) is 3.31. The van der Waals surface area contributed by atoms with Crippen molar-refractivity contribution in [2.24, 2.45) is 0 Å². The van der Waals surface area contributed by atoms with Gasteiger partial charge in [0.05, 0.1) is 11.5 Å². The molecular formula is C8H10ClN3O4. The Morgan fingerprint density at radius 3 is 2.94 bits per heavy atom. The van der Waals surface area contributed by atoms with Crippen LogP contribution in [0.1, 0.15) is 6.92 Å². The molecule has 0 aliphatic heterocycles. The maximum Gasteiger partial charge on any atom is 0.349 e. The number of hydrogen-bond acceptors (Lipinski definition) is 6. The molecule has 0 bridgehead atoms. The van der Waals surface area contributed by atoms with E-state index in [0.29, 0.717) is 6.61 Å². The second-order valence-electron chi connectivity index (χ2n) is 2.97. The van der Waals surface area contributed by atoms with Crippen molar-refractivity contribution in [3.63, 3.8) is 0 Å². The van der Waals surface area contributed by atoms with Crippen LogP contribution in [0.2, 0.25) is 5.28 Å². The lowest BCUT2D eigenvalue weighted by Crippen LogP contribution is -2.19. The van der Waals surface area contributed by atoms with E-state index in [1.165, 1.54) is 7.11 Å². The molecule has 0 amide bonds. The number of nitrogens with zero attached hydrogens (tertiary/aromatic N) is 3. The third kappa shape index (κ3) is 3.28. The van der Waals surface area contributed by atoms with Gasteiger partial charge < -0.3 is 9.47 Å². The van der Waals surface area contributed by atoms with E-state index in [1.807, 2.05) is 0 Å². The van der Waals surface area contributed by atoms with Crippen molar-refractivity contribution in [2.75, 3.05) is 13.7 Å². The molecule has 0 N–H and O–H groups in total. The summed E-state index contributed by atoms with van der Waals surface area (Å²) in [6.45, 7) is 1.99. The fraction of sp³-hybridized carbons (Fsp3) is 0.500. The lowest BCUT2D eigenvalue weighted by Gasteiger charge is -2.12. The maximum atomic E-state index is 10.6. The van der Waals surface area contributed by atoms with E-state index in [-0.39, 0.29) is 23.0 Å². The number of methoxy groups -OCH3 is 1. The van der Waals surface area contributed by atoms with Gasteiger partial charge in [-0.25, -0.2) is 4.98 Å². The normalized spacial score (nSPS) is 12.2. The summed E-state index contributed by atoms with van der Waals surface area (Å²) in [6.07, 6.45) is 0.638. The second kappa shape index (κ2) is 5.57. The first-order chi connectivity index (χ1) is 7.54. The number of halogens is 1. The molecule has 7 nitrogen and oxygen atoms in total. The summed E-state index contributed by atoms with van der Waals surface area (Å²) >= 11 is 5.53. The highest BCUT2D eigenvalue weighted by molar-refractivity contribution is 6.28. The molecular weight excluding hydrogens is 238 g/mol. The van der Waals surface area contributed by atoms with Gasteiger partial charge in [-0.15, -0.1) is 0 Å². The van der Waals surface area contributed by atoms with Gasteiger partial charge in [-0.1, -0.05) is 0 Å². The Kier molecular flexibility index (Phi) is 4.39. The van der Waals surface area contributed by atoms with E-state index in [1.54, 1.807) is 6.92 Å². The SMILES string of the molecule is COCC(C)Oc1nc(Cl)ncc1[N+](=O)[O-]. The fourth-order valence-corrected chi connectivity index (χ4v) is 1.14. The van der Waals surface area contributed by atoms with Crippen LogP contribution >= 0.6 is 11.6 Å². The molecule has 16 heavy (non-hydrogen) atoms. The average molecular weight is 248 g/mol. The van der Waals surface area contributed by atoms with Crippen LogP contribution in [0.3, 0.4) is 0 Å². The fourth-order valence-electron chi connectivity index (χ4n) is 1.01. The molecule has 0 aromatic carbocycles. The van der Waals surface area contributed by atoms with E-state index in [4.69, 9.17) is 21.1 Å². The third-order valence-electron chi connectivity index (χ3n) is 1.62. The standard InChI is InChI=1S/C8H10ClN3O4/c1-5(4-15-2)16-7-6(12(13)14)3-10-8(9)11-7/h3,5H,4H2,1-2H3. The third-order valence-corrected chi connectivity index (χ3v) is 1.80. The molecule has 0 radical (unpaired) electrons. The smallest absolute Gasteiger partial charge is 0.349 e. The lowest BCUT2D eigenvalue weighted by molar-refractivity contribution is -0.386. The number of nitro groups is 1. The van der Waals surface area contributed by atoms with Gasteiger partial charge in [0.25, 0.3) is 5.88 Å². The van der Waals surface area contributed by atoms with Crippen molar-refractivity contribution in [2.45, 2.75) is 13.0 Å². The quantitative estimate of drug-likeness (QED) is 0.445. The van der Waals surface area contributed by atoms with Crippen LogP contribution in [0.4, 0.5) is 5.69 Å². The van der Waals surface area contributed by atoms with Crippen LogP contribution in [-0.4, -0.2) is 34.7 Å². The first-order valence-corrected chi connectivity index (χ1v) is 4.75. The summed E-state index contributed by atoms with van der Waals surface area (Å²) in [4.78, 5) is 17.2. The van der Waals surface area contributed by atoms with E-state index < -0.39 is 4.92 Å². The van der Waals surface area contributed by atoms with E-state index >= 15 is 0 Å². The Morgan fingerprint density at radius 2 is 2.38 bits per heavy atom. The van der Waals surface area contributed by atoms with Crippen molar-refractivity contribution >= 4 is 17.3 Å². The molecule has 1 aromatic rings. The summed E-state index contributed by atoms with van der Waals surface area (Å²) in [6, 6.07) is 0. The predicted octanol–water partition coefficient (Wildman–Crippen LogP) is 1.45. The van der Waals surface area contributed by atoms with Gasteiger partial charge in [0.1, 0.15) is 12.3 Å². The van der Waals surface area contributed by atoms with Gasteiger partial charge in [-0.3, -0.25) is 10.1 Å². The minimum Gasteiger partial charge on any atom is -0.467 e. The zero-order valence-electron chi connectivity index (χ0n) is 8.71. The molecule has 1 aromatic heterocycles. The van der Waals surface area contributed by atoms with Gasteiger partial charge in [0.2, 0.25) is 5.28 Å². The first-order valence-electron chi connectivity index (χ1n) is 4.37. The summed E-state index contributed by atoms with van der Waals surface area (Å²) < 4.78 is 10.1. The van der Waals surface area contributed by atoms with Gasteiger partial charge in [0, 0.05) is 7.11 Å². The highest BCUT2D eigenvalue weighted by Gasteiger charge is 2.20. The summed E-state index contributed by atoms with van der Waals surface area (Å²) in [5, 5.41) is 10.5. The van der Waals surface area contributed by atoms with Crippen LogP contribution in [0.5, 0.6) is 5.88 Å². The Labute approximate surface area is 96.5 Å². The van der Waals surface area contributed by atoms with Crippen molar-refractivity contribution in [3.05, 3.63) is 21.6 Å². The number of hydrogen-bond donors (Lipinski definition) is 0. The monoisotopic (exact) mass is 247 g/mol. The minimum absolute atomic E-state index is 0.106. The molecule has 1 unspecified atom stereocenters. The molecule has 8 heteroatoms. The van der Waals surface area contributed by atoms with Gasteiger partial charge in [-0.2, -0.15) is 4.98 Å². The highest BCUT2D eigenvalue weighted by atomic mass is 35.5. The van der Waals surface area contributed by atoms with E-state index in [9.17, 15) is 10.1 Å². The Balaban J connectivity index is 2.92. The van der Waals surface area contributed by atoms with Crippen LogP contribution < -0.4 is 4.74 Å². The summed E-state index contributed by atoms with van der Waals surface area (Å²) in [5.41, 5.74) is -0.327. The molecule has 0 spiro atoms. The van der Waals surface area contributed by atoms with Crippen LogP contribution in [0, 0.1) is 10.1 Å². The number of aromatic nitrogens is 2. The molecule has 1 heterocycles. The average Bonchev–Trinajstić information content (AvgIpc) is 2.17. The zero-order valence-corrected chi connectivity index (χ0v) is 9.47. The maximum absolute atomic E-state index is 10.6. The molecule has 0 aliphatic rings. The lowest BCUT2D eigenvalue weighted by atomic mass is 10.4. The molecule has 1 rings (SSSR count). The Hall–Kier alpha value is -1.47. The molecule has 0 saturated heterocycles. The topological polar surface area (TPSA) is 87.4 Å². The van der Waals surface area contributed by atoms with Crippen LogP contribution in [0.25, 0.3) is 0 Å². The molecule has 1 atom stereocenters. The highest BCUT2D eigenvalue weighted by Crippen LogP contribution is 2.25. The number of rotatable bonds is 5. The molecule has 88 valence electrons. The number of ether oxygens (including phenoxy) is 2. The molecule has 0 fully saturated rings. The van der Waals surface area contributed by atoms with E-state index in [2.05, 4.69) is 9.97 Å². The van der Waals surface area contributed by atoms with Gasteiger partial charge in [0.15, 0.2) is 0 Å². The van der Waals surface area contributed by atoms with Crippen molar-refractivity contribution in [1.82, 2.24) is 9.97 Å². The Morgan fingerprint density at radius 1 is 1.69 bits per heavy atom. The summed E-state index contributed by atoms with van der Waals surface area (Å²) in [7, 11) is 1.50. The van der Waals surface area contributed by atoms with Crippen molar-refractivity contribution in [3.8, 4) is 5.88 Å². The van der Waals surface area contributed by atoms with Gasteiger partial charge >= 0.3 is 5.69 Å². The minimum atomic E-state index is -0.634. The van der Waals surface area contributed by atoms with E-state index in [0.717, 1.165) is 6.20 Å². The van der Waals surface area contributed by atoms with Gasteiger partial charge in [-0.05, 0) is 18.5 Å². The largest absolute Gasteiger partial charge is 0.467 e. The van der Waals surface area contributed by atoms with Crippen molar-refractivity contribution in [1.29, 1.82) is 0 Å². The zero-order chi connectivity index (χ0) is 12.1. The Bertz CT molecular complexity index is 388. The predicted molar refractivity (Wildman–Crippen MR) is 55.7 cm³/mol. The first kappa shape index (κ1) is 12.6. The van der Waals surface area contributed by atoms with Crippen LogP contribution in [-0.2, 0) is 4.74 Å². The van der Waals surface area contributed by atoms with Crippen molar-refractivity contribution < 1.29 is 14.4 Å². The molecule has 0 saturated carbocycles.